The minimum atomic E-state index is 0.330. The number of hydrogen-bond acceptors (Lipinski definition) is 3. The normalized spacial score (nSPS) is 12.4. The van der Waals surface area contributed by atoms with E-state index in [0.717, 1.165) is 24.4 Å². The molecule has 0 spiro atoms. The van der Waals surface area contributed by atoms with Gasteiger partial charge in [-0.05, 0) is 55.8 Å². The summed E-state index contributed by atoms with van der Waals surface area (Å²) in [5, 5.41) is 3.38. The van der Waals surface area contributed by atoms with Gasteiger partial charge in [-0.2, -0.15) is 0 Å². The summed E-state index contributed by atoms with van der Waals surface area (Å²) < 4.78 is 10.6. The number of ether oxygens (including phenoxy) is 1. The van der Waals surface area contributed by atoms with Crippen LogP contribution in [0.4, 0.5) is 0 Å². The van der Waals surface area contributed by atoms with Crippen molar-refractivity contribution in [3.8, 4) is 5.75 Å². The second kappa shape index (κ2) is 6.43. The molecule has 0 saturated heterocycles. The van der Waals surface area contributed by atoms with Gasteiger partial charge >= 0.3 is 0 Å². The standard InChI is InChI=1S/C16H21NO2/c1-12-11-14(18-3)6-8-15(12)16(17-2)9-7-13-5-4-10-19-13/h4-6,8,10-11,16-17H,7,9H2,1-3H3. The molecule has 0 amide bonds. The lowest BCUT2D eigenvalue weighted by molar-refractivity contribution is 0.413. The van der Waals surface area contributed by atoms with Gasteiger partial charge in [-0.1, -0.05) is 6.07 Å². The Morgan fingerprint density at radius 2 is 2.16 bits per heavy atom. The van der Waals surface area contributed by atoms with Gasteiger partial charge in [0.05, 0.1) is 13.4 Å². The van der Waals surface area contributed by atoms with Crippen LogP contribution < -0.4 is 10.1 Å². The van der Waals surface area contributed by atoms with Crippen molar-refractivity contribution in [1.29, 1.82) is 0 Å². The lowest BCUT2D eigenvalue weighted by atomic mass is 9.97. The maximum Gasteiger partial charge on any atom is 0.119 e. The molecule has 1 N–H and O–H groups in total. The van der Waals surface area contributed by atoms with Crippen molar-refractivity contribution in [2.45, 2.75) is 25.8 Å². The third-order valence-electron chi connectivity index (χ3n) is 3.46. The molecule has 1 unspecified atom stereocenters. The molecule has 1 heterocycles. The lowest BCUT2D eigenvalue weighted by Gasteiger charge is -2.19. The van der Waals surface area contributed by atoms with Crippen molar-refractivity contribution < 1.29 is 9.15 Å². The third kappa shape index (κ3) is 3.38. The van der Waals surface area contributed by atoms with Crippen LogP contribution in [0.1, 0.15) is 29.3 Å². The molecule has 2 aromatic rings. The Hall–Kier alpha value is -1.74. The fourth-order valence-corrected chi connectivity index (χ4v) is 2.36. The van der Waals surface area contributed by atoms with Gasteiger partial charge in [-0.3, -0.25) is 0 Å². The smallest absolute Gasteiger partial charge is 0.119 e. The van der Waals surface area contributed by atoms with Gasteiger partial charge in [0.1, 0.15) is 11.5 Å². The average molecular weight is 259 g/mol. The molecule has 102 valence electrons. The molecule has 1 aromatic carbocycles. The van der Waals surface area contributed by atoms with Crippen LogP contribution in [0, 0.1) is 6.92 Å². The summed E-state index contributed by atoms with van der Waals surface area (Å²) in [7, 11) is 3.69. The van der Waals surface area contributed by atoms with Crippen molar-refractivity contribution >= 4 is 0 Å². The number of benzene rings is 1. The maximum atomic E-state index is 5.38. The van der Waals surface area contributed by atoms with E-state index in [2.05, 4.69) is 24.4 Å². The number of methoxy groups -OCH3 is 1. The predicted molar refractivity (Wildman–Crippen MR) is 76.6 cm³/mol. The fourth-order valence-electron chi connectivity index (χ4n) is 2.36. The first-order valence-corrected chi connectivity index (χ1v) is 6.58. The second-order valence-corrected chi connectivity index (χ2v) is 4.68. The molecule has 0 fully saturated rings. The Bertz CT molecular complexity index is 505. The monoisotopic (exact) mass is 259 g/mol. The number of furan rings is 1. The summed E-state index contributed by atoms with van der Waals surface area (Å²) in [5.74, 6) is 1.94. The largest absolute Gasteiger partial charge is 0.497 e. The molecule has 3 nitrogen and oxygen atoms in total. The van der Waals surface area contributed by atoms with E-state index in [9.17, 15) is 0 Å². The Balaban J connectivity index is 2.08. The maximum absolute atomic E-state index is 5.38. The topological polar surface area (TPSA) is 34.4 Å². The Morgan fingerprint density at radius 3 is 2.74 bits per heavy atom. The summed E-state index contributed by atoms with van der Waals surface area (Å²) >= 11 is 0. The first kappa shape index (κ1) is 13.7. The van der Waals surface area contributed by atoms with E-state index in [1.54, 1.807) is 13.4 Å². The van der Waals surface area contributed by atoms with E-state index in [4.69, 9.17) is 9.15 Å². The van der Waals surface area contributed by atoms with Crippen LogP contribution in [0.15, 0.2) is 41.0 Å². The number of aryl methyl sites for hydroxylation is 2. The predicted octanol–water partition coefficient (Wildman–Crippen LogP) is 3.49. The summed E-state index contributed by atoms with van der Waals surface area (Å²) in [6.45, 7) is 2.12. The van der Waals surface area contributed by atoms with Crippen LogP contribution in [0.25, 0.3) is 0 Å². The van der Waals surface area contributed by atoms with Crippen molar-refractivity contribution in [2.24, 2.45) is 0 Å². The minimum Gasteiger partial charge on any atom is -0.497 e. The molecule has 3 heteroatoms. The van der Waals surface area contributed by atoms with E-state index >= 15 is 0 Å². The summed E-state index contributed by atoms with van der Waals surface area (Å²) in [6, 6.07) is 10.5. The molecule has 0 radical (unpaired) electrons. The Morgan fingerprint density at radius 1 is 1.32 bits per heavy atom. The SMILES string of the molecule is CNC(CCc1ccco1)c1ccc(OC)cc1C. The zero-order valence-electron chi connectivity index (χ0n) is 11.8. The van der Waals surface area contributed by atoms with Gasteiger partial charge in [-0.15, -0.1) is 0 Å². The van der Waals surface area contributed by atoms with Gasteiger partial charge in [-0.25, -0.2) is 0 Å². The lowest BCUT2D eigenvalue weighted by Crippen LogP contribution is -2.18. The van der Waals surface area contributed by atoms with E-state index in [-0.39, 0.29) is 0 Å². The van der Waals surface area contributed by atoms with Gasteiger partial charge in [0.2, 0.25) is 0 Å². The molecule has 19 heavy (non-hydrogen) atoms. The van der Waals surface area contributed by atoms with Gasteiger partial charge in [0, 0.05) is 12.5 Å². The molecule has 1 atom stereocenters. The van der Waals surface area contributed by atoms with Crippen molar-refractivity contribution in [3.05, 3.63) is 53.5 Å². The molecule has 0 aliphatic heterocycles. The average Bonchev–Trinajstić information content (AvgIpc) is 2.94. The van der Waals surface area contributed by atoms with Crippen LogP contribution in [0.2, 0.25) is 0 Å². The van der Waals surface area contributed by atoms with Crippen LogP contribution in [-0.4, -0.2) is 14.2 Å². The van der Waals surface area contributed by atoms with E-state index in [1.165, 1.54) is 11.1 Å². The van der Waals surface area contributed by atoms with Crippen LogP contribution >= 0.6 is 0 Å². The molecule has 1 aromatic heterocycles. The molecule has 0 bridgehead atoms. The van der Waals surface area contributed by atoms with Crippen molar-refractivity contribution in [3.63, 3.8) is 0 Å². The molecule has 0 saturated carbocycles. The fraction of sp³-hybridized carbons (Fsp3) is 0.375. The molecule has 0 aliphatic carbocycles. The van der Waals surface area contributed by atoms with Crippen LogP contribution in [0.3, 0.4) is 0 Å². The Kier molecular flexibility index (Phi) is 4.63. The molecular weight excluding hydrogens is 238 g/mol. The summed E-state index contributed by atoms with van der Waals surface area (Å²) in [6.07, 6.45) is 3.67. The second-order valence-electron chi connectivity index (χ2n) is 4.68. The van der Waals surface area contributed by atoms with Crippen LogP contribution in [0.5, 0.6) is 5.75 Å². The third-order valence-corrected chi connectivity index (χ3v) is 3.46. The highest BCUT2D eigenvalue weighted by molar-refractivity contribution is 5.36. The van der Waals surface area contributed by atoms with Crippen molar-refractivity contribution in [1.82, 2.24) is 5.32 Å². The Labute approximate surface area is 114 Å². The van der Waals surface area contributed by atoms with E-state index in [1.807, 2.05) is 25.2 Å². The van der Waals surface area contributed by atoms with E-state index in [0.29, 0.717) is 6.04 Å². The van der Waals surface area contributed by atoms with Gasteiger partial charge in [0.15, 0.2) is 0 Å². The minimum absolute atomic E-state index is 0.330. The van der Waals surface area contributed by atoms with Gasteiger partial charge < -0.3 is 14.5 Å². The first-order valence-electron chi connectivity index (χ1n) is 6.58. The number of hydrogen-bond donors (Lipinski definition) is 1. The summed E-state index contributed by atoms with van der Waals surface area (Å²) in [5.41, 5.74) is 2.56. The highest BCUT2D eigenvalue weighted by Gasteiger charge is 2.13. The molecular formula is C16H21NO2. The zero-order valence-corrected chi connectivity index (χ0v) is 11.8. The zero-order chi connectivity index (χ0) is 13.7. The summed E-state index contributed by atoms with van der Waals surface area (Å²) in [4.78, 5) is 0. The first-order chi connectivity index (χ1) is 9.24. The van der Waals surface area contributed by atoms with Crippen molar-refractivity contribution in [2.75, 3.05) is 14.2 Å². The highest BCUT2D eigenvalue weighted by atomic mass is 16.5. The quantitative estimate of drug-likeness (QED) is 0.862. The molecule has 2 rings (SSSR count). The number of nitrogens with one attached hydrogen (secondary N) is 1. The van der Waals surface area contributed by atoms with E-state index < -0.39 is 0 Å². The molecule has 0 aliphatic rings. The van der Waals surface area contributed by atoms with Gasteiger partial charge in [0.25, 0.3) is 0 Å². The highest BCUT2D eigenvalue weighted by Crippen LogP contribution is 2.25. The van der Waals surface area contributed by atoms with Crippen LogP contribution in [-0.2, 0) is 6.42 Å². The number of rotatable bonds is 6.